The number of ether oxygens (including phenoxy) is 1. The van der Waals surface area contributed by atoms with Crippen LogP contribution in [0, 0.1) is 5.41 Å². The first kappa shape index (κ1) is 14.4. The molecule has 0 aliphatic carbocycles. The fourth-order valence-corrected chi connectivity index (χ4v) is 1.27. The van der Waals surface area contributed by atoms with Crippen LogP contribution < -0.4 is 0 Å². The highest BCUT2D eigenvalue weighted by Gasteiger charge is 2.06. The highest BCUT2D eigenvalue weighted by atomic mass is 16.5. The minimum absolute atomic E-state index is 0.333. The average molecular weight is 215 g/mol. The molecule has 1 unspecified atom stereocenters. The van der Waals surface area contributed by atoms with Gasteiger partial charge in [0.25, 0.3) is 0 Å². The van der Waals surface area contributed by atoms with Crippen LogP contribution in [0.4, 0.5) is 0 Å². The second kappa shape index (κ2) is 8.68. The van der Waals surface area contributed by atoms with Crippen molar-refractivity contribution in [3.63, 3.8) is 0 Å². The van der Waals surface area contributed by atoms with E-state index >= 15 is 0 Å². The summed E-state index contributed by atoms with van der Waals surface area (Å²) in [6, 6.07) is 0. The van der Waals surface area contributed by atoms with Gasteiger partial charge < -0.3 is 14.5 Å². The third-order valence-corrected chi connectivity index (χ3v) is 2.69. The molecule has 15 heavy (non-hydrogen) atoms. The lowest BCUT2D eigenvalue weighted by Crippen LogP contribution is -2.34. The van der Waals surface area contributed by atoms with Crippen molar-refractivity contribution >= 4 is 6.34 Å². The van der Waals surface area contributed by atoms with Crippen molar-refractivity contribution in [3.8, 4) is 0 Å². The van der Waals surface area contributed by atoms with E-state index in [0.29, 0.717) is 6.10 Å². The Morgan fingerprint density at radius 2 is 2.00 bits per heavy atom. The Balaban J connectivity index is 3.67. The zero-order valence-corrected chi connectivity index (χ0v) is 10.5. The molecule has 1 atom stereocenters. The van der Waals surface area contributed by atoms with Crippen LogP contribution in [0.15, 0.2) is 0 Å². The van der Waals surface area contributed by atoms with Crippen LogP contribution in [0.25, 0.3) is 0 Å². The minimum atomic E-state index is 0.333. The van der Waals surface area contributed by atoms with Gasteiger partial charge in [0.15, 0.2) is 0 Å². The lowest BCUT2D eigenvalue weighted by molar-refractivity contribution is 0.0974. The van der Waals surface area contributed by atoms with Crippen LogP contribution in [-0.2, 0) is 4.74 Å². The Kier molecular flexibility index (Phi) is 8.33. The van der Waals surface area contributed by atoms with Gasteiger partial charge in [0.1, 0.15) is 0 Å². The first-order valence-corrected chi connectivity index (χ1v) is 5.60. The Morgan fingerprint density at radius 1 is 1.33 bits per heavy atom. The highest BCUT2D eigenvalue weighted by molar-refractivity contribution is 5.49. The van der Waals surface area contributed by atoms with Gasteiger partial charge in [0.05, 0.1) is 12.4 Å². The summed E-state index contributed by atoms with van der Waals surface area (Å²) in [6.07, 6.45) is 2.77. The molecule has 0 aromatic carbocycles. The molecular weight excluding hydrogens is 190 g/mol. The molecule has 0 bridgehead atoms. The first-order valence-electron chi connectivity index (χ1n) is 5.60. The molecule has 0 aliphatic rings. The fourth-order valence-electron chi connectivity index (χ4n) is 1.27. The third kappa shape index (κ3) is 7.33. The molecule has 0 fully saturated rings. The van der Waals surface area contributed by atoms with Gasteiger partial charge in [-0.15, -0.1) is 0 Å². The molecule has 4 heteroatoms. The molecule has 0 amide bonds. The van der Waals surface area contributed by atoms with E-state index in [9.17, 15) is 0 Å². The quantitative estimate of drug-likeness (QED) is 0.465. The van der Waals surface area contributed by atoms with Crippen molar-refractivity contribution in [2.45, 2.75) is 26.4 Å². The van der Waals surface area contributed by atoms with Gasteiger partial charge in [0, 0.05) is 33.8 Å². The predicted octanol–water partition coefficient (Wildman–Crippen LogP) is 1.27. The fraction of sp³-hybridized carbons (Fsp3) is 0.909. The molecule has 0 saturated heterocycles. The molecule has 0 rings (SSSR count). The highest BCUT2D eigenvalue weighted by Crippen LogP contribution is 1.99. The lowest BCUT2D eigenvalue weighted by atomic mass is 10.2. The van der Waals surface area contributed by atoms with E-state index in [-0.39, 0.29) is 0 Å². The van der Waals surface area contributed by atoms with Crippen molar-refractivity contribution in [1.29, 1.82) is 5.41 Å². The average Bonchev–Trinajstić information content (AvgIpc) is 2.28. The largest absolute Gasteiger partial charge is 0.382 e. The molecular formula is C11H25N3O. The molecule has 0 aromatic heterocycles. The molecule has 0 spiro atoms. The molecule has 90 valence electrons. The van der Waals surface area contributed by atoms with E-state index in [1.807, 2.05) is 11.9 Å². The summed E-state index contributed by atoms with van der Waals surface area (Å²) in [4.78, 5) is 4.28. The van der Waals surface area contributed by atoms with E-state index < -0.39 is 0 Å². The van der Waals surface area contributed by atoms with E-state index in [1.54, 1.807) is 7.11 Å². The maximum atomic E-state index is 7.07. The second-order valence-corrected chi connectivity index (χ2v) is 3.88. The maximum absolute atomic E-state index is 7.07. The summed E-state index contributed by atoms with van der Waals surface area (Å²) >= 11 is 0. The standard InChI is InChI=1S/C11H25N3O/c1-5-14(7-6-11(2)15-4)9-8-13(3)10-12/h10-12H,5-9H2,1-4H3. The topological polar surface area (TPSA) is 39.6 Å². The number of nitrogens with one attached hydrogen (secondary N) is 1. The number of rotatable bonds is 9. The molecule has 0 aromatic rings. The summed E-state index contributed by atoms with van der Waals surface area (Å²) in [5, 5.41) is 7.07. The van der Waals surface area contributed by atoms with Gasteiger partial charge in [-0.05, 0) is 19.9 Å². The first-order chi connectivity index (χ1) is 7.13. The zero-order valence-electron chi connectivity index (χ0n) is 10.5. The lowest BCUT2D eigenvalue weighted by Gasteiger charge is -2.24. The van der Waals surface area contributed by atoms with Crippen LogP contribution in [-0.4, -0.2) is 62.6 Å². The van der Waals surface area contributed by atoms with Crippen LogP contribution in [0.2, 0.25) is 0 Å². The van der Waals surface area contributed by atoms with Crippen molar-refractivity contribution in [3.05, 3.63) is 0 Å². The van der Waals surface area contributed by atoms with Crippen molar-refractivity contribution < 1.29 is 4.74 Å². The predicted molar refractivity (Wildman–Crippen MR) is 64.6 cm³/mol. The maximum Gasteiger partial charge on any atom is 0.0815 e. The summed E-state index contributed by atoms with van der Waals surface area (Å²) in [5.74, 6) is 0. The van der Waals surface area contributed by atoms with E-state index in [0.717, 1.165) is 32.6 Å². The molecule has 0 radical (unpaired) electrons. The molecule has 0 saturated carbocycles. The van der Waals surface area contributed by atoms with E-state index in [1.165, 1.54) is 6.34 Å². The van der Waals surface area contributed by atoms with Crippen LogP contribution >= 0.6 is 0 Å². The third-order valence-electron chi connectivity index (χ3n) is 2.69. The van der Waals surface area contributed by atoms with Gasteiger partial charge in [0.2, 0.25) is 0 Å². The Labute approximate surface area is 93.7 Å². The smallest absolute Gasteiger partial charge is 0.0815 e. The van der Waals surface area contributed by atoms with Crippen LogP contribution in [0.1, 0.15) is 20.3 Å². The van der Waals surface area contributed by atoms with Crippen molar-refractivity contribution in [1.82, 2.24) is 9.80 Å². The number of likely N-dealkylation sites (N-methyl/N-ethyl adjacent to an activating group) is 2. The summed E-state index contributed by atoms with van der Waals surface area (Å²) in [7, 11) is 3.68. The van der Waals surface area contributed by atoms with Gasteiger partial charge in [-0.1, -0.05) is 6.92 Å². The monoisotopic (exact) mass is 215 g/mol. The number of methoxy groups -OCH3 is 1. The second-order valence-electron chi connectivity index (χ2n) is 3.88. The van der Waals surface area contributed by atoms with Crippen LogP contribution in [0.5, 0.6) is 0 Å². The van der Waals surface area contributed by atoms with E-state index in [2.05, 4.69) is 18.7 Å². The van der Waals surface area contributed by atoms with Gasteiger partial charge in [-0.3, -0.25) is 5.41 Å². The SMILES string of the molecule is CCN(CCC(C)OC)CCN(C)C=N. The molecule has 0 aliphatic heterocycles. The van der Waals surface area contributed by atoms with Crippen molar-refractivity contribution in [2.75, 3.05) is 40.3 Å². The summed E-state index contributed by atoms with van der Waals surface area (Å²) in [6.45, 7) is 8.32. The molecule has 0 heterocycles. The summed E-state index contributed by atoms with van der Waals surface area (Å²) < 4.78 is 5.22. The minimum Gasteiger partial charge on any atom is -0.382 e. The number of hydrogen-bond donors (Lipinski definition) is 1. The van der Waals surface area contributed by atoms with Gasteiger partial charge in [-0.25, -0.2) is 0 Å². The van der Waals surface area contributed by atoms with Gasteiger partial charge >= 0.3 is 0 Å². The zero-order chi connectivity index (χ0) is 11.7. The number of hydrogen-bond acceptors (Lipinski definition) is 3. The Morgan fingerprint density at radius 3 is 2.47 bits per heavy atom. The molecule has 4 nitrogen and oxygen atoms in total. The Hall–Kier alpha value is -0.610. The Bertz CT molecular complexity index is 164. The number of nitrogens with zero attached hydrogens (tertiary/aromatic N) is 2. The van der Waals surface area contributed by atoms with Gasteiger partial charge in [-0.2, -0.15) is 0 Å². The summed E-state index contributed by atoms with van der Waals surface area (Å²) in [5.41, 5.74) is 0. The van der Waals surface area contributed by atoms with Crippen molar-refractivity contribution in [2.24, 2.45) is 0 Å². The van der Waals surface area contributed by atoms with E-state index in [4.69, 9.17) is 10.1 Å². The van der Waals surface area contributed by atoms with Crippen LogP contribution in [0.3, 0.4) is 0 Å². The molecule has 1 N–H and O–H groups in total. The normalized spacial score (nSPS) is 12.9.